The minimum Gasteiger partial charge on any atom is -0.375 e. The van der Waals surface area contributed by atoms with E-state index >= 15 is 0 Å². The Labute approximate surface area is 97.7 Å². The van der Waals surface area contributed by atoms with Crippen LogP contribution in [0.3, 0.4) is 0 Å². The van der Waals surface area contributed by atoms with Crippen molar-refractivity contribution in [2.45, 2.75) is 13.3 Å². The van der Waals surface area contributed by atoms with E-state index in [9.17, 15) is 0 Å². The molecule has 78 valence electrons. The van der Waals surface area contributed by atoms with Crippen LogP contribution in [0.4, 0.5) is 5.13 Å². The van der Waals surface area contributed by atoms with Gasteiger partial charge in [-0.25, -0.2) is 4.98 Å². The average Bonchev–Trinajstić information content (AvgIpc) is 2.49. The van der Waals surface area contributed by atoms with E-state index in [-0.39, 0.29) is 0 Å². The van der Waals surface area contributed by atoms with Gasteiger partial charge in [-0.15, -0.1) is 11.3 Å². The van der Waals surface area contributed by atoms with Gasteiger partial charge in [0, 0.05) is 16.3 Å². The van der Waals surface area contributed by atoms with Gasteiger partial charge in [-0.1, -0.05) is 23.7 Å². The number of anilines is 1. The van der Waals surface area contributed by atoms with E-state index in [1.807, 2.05) is 31.2 Å². The van der Waals surface area contributed by atoms with Gasteiger partial charge in [-0.3, -0.25) is 0 Å². The van der Waals surface area contributed by atoms with E-state index < -0.39 is 0 Å². The van der Waals surface area contributed by atoms with Gasteiger partial charge < -0.3 is 5.73 Å². The molecule has 0 aliphatic carbocycles. The van der Waals surface area contributed by atoms with Crippen molar-refractivity contribution in [2.75, 3.05) is 5.73 Å². The first kappa shape index (κ1) is 10.5. The highest BCUT2D eigenvalue weighted by Crippen LogP contribution is 2.22. The molecule has 1 heterocycles. The van der Waals surface area contributed by atoms with Crippen molar-refractivity contribution in [3.05, 3.63) is 45.4 Å². The summed E-state index contributed by atoms with van der Waals surface area (Å²) in [5.41, 5.74) is 7.90. The highest BCUT2D eigenvalue weighted by atomic mass is 35.5. The summed E-state index contributed by atoms with van der Waals surface area (Å²) in [4.78, 5) is 5.47. The van der Waals surface area contributed by atoms with Gasteiger partial charge in [0.05, 0.1) is 5.69 Å². The van der Waals surface area contributed by atoms with Gasteiger partial charge >= 0.3 is 0 Å². The molecular formula is C11H11ClN2S. The Bertz CT molecular complexity index is 462. The van der Waals surface area contributed by atoms with Crippen molar-refractivity contribution in [1.82, 2.24) is 4.98 Å². The zero-order chi connectivity index (χ0) is 10.8. The quantitative estimate of drug-likeness (QED) is 0.872. The minimum absolute atomic E-state index is 0.636. The van der Waals surface area contributed by atoms with Crippen LogP contribution in [0.1, 0.15) is 16.1 Å². The fourth-order valence-corrected chi connectivity index (χ4v) is 2.24. The number of halogens is 1. The lowest BCUT2D eigenvalue weighted by Crippen LogP contribution is -1.91. The van der Waals surface area contributed by atoms with Gasteiger partial charge in [-0.05, 0) is 24.6 Å². The molecule has 0 radical (unpaired) electrons. The first-order valence-electron chi connectivity index (χ1n) is 4.61. The van der Waals surface area contributed by atoms with Gasteiger partial charge in [-0.2, -0.15) is 0 Å². The first-order chi connectivity index (χ1) is 7.15. The summed E-state index contributed by atoms with van der Waals surface area (Å²) >= 11 is 7.35. The van der Waals surface area contributed by atoms with Crippen LogP contribution in [0.25, 0.3) is 0 Å². The van der Waals surface area contributed by atoms with E-state index in [0.29, 0.717) is 5.13 Å². The topological polar surface area (TPSA) is 38.9 Å². The predicted molar refractivity (Wildman–Crippen MR) is 65.5 cm³/mol. The molecule has 0 spiro atoms. The highest BCUT2D eigenvalue weighted by molar-refractivity contribution is 7.15. The number of hydrogen-bond acceptors (Lipinski definition) is 3. The molecule has 0 bridgehead atoms. The van der Waals surface area contributed by atoms with E-state index in [0.717, 1.165) is 17.1 Å². The van der Waals surface area contributed by atoms with Crippen LogP contribution in [-0.4, -0.2) is 4.98 Å². The summed E-state index contributed by atoms with van der Waals surface area (Å²) < 4.78 is 0. The Morgan fingerprint density at radius 1 is 1.33 bits per heavy atom. The average molecular weight is 239 g/mol. The molecule has 0 saturated heterocycles. The molecule has 1 aromatic carbocycles. The molecule has 2 nitrogen and oxygen atoms in total. The number of aryl methyl sites for hydroxylation is 1. The molecular weight excluding hydrogens is 228 g/mol. The SMILES string of the molecule is Cc1sc(N)nc1Cc1ccc(Cl)cc1. The maximum absolute atomic E-state index is 5.82. The van der Waals surface area contributed by atoms with Crippen molar-refractivity contribution in [3.8, 4) is 0 Å². The molecule has 0 unspecified atom stereocenters. The lowest BCUT2D eigenvalue weighted by atomic mass is 10.1. The summed E-state index contributed by atoms with van der Waals surface area (Å²) in [7, 11) is 0. The third-order valence-corrected chi connectivity index (χ3v) is 3.29. The number of benzene rings is 1. The maximum atomic E-state index is 5.82. The number of aromatic nitrogens is 1. The Hall–Kier alpha value is -1.06. The molecule has 4 heteroatoms. The van der Waals surface area contributed by atoms with Crippen LogP contribution in [-0.2, 0) is 6.42 Å². The normalized spacial score (nSPS) is 10.5. The molecule has 15 heavy (non-hydrogen) atoms. The minimum atomic E-state index is 0.636. The Kier molecular flexibility index (Phi) is 2.93. The fraction of sp³-hybridized carbons (Fsp3) is 0.182. The zero-order valence-corrected chi connectivity index (χ0v) is 9.90. The van der Waals surface area contributed by atoms with Crippen molar-refractivity contribution in [2.24, 2.45) is 0 Å². The number of hydrogen-bond donors (Lipinski definition) is 1. The second-order valence-corrected chi connectivity index (χ2v) is 5.03. The molecule has 0 fully saturated rings. The summed E-state index contributed by atoms with van der Waals surface area (Å²) in [6.07, 6.45) is 0.816. The molecule has 2 rings (SSSR count). The Morgan fingerprint density at radius 2 is 2.00 bits per heavy atom. The third kappa shape index (κ3) is 2.49. The van der Waals surface area contributed by atoms with Crippen LogP contribution < -0.4 is 5.73 Å². The zero-order valence-electron chi connectivity index (χ0n) is 8.33. The number of rotatable bonds is 2. The van der Waals surface area contributed by atoms with Gasteiger partial charge in [0.1, 0.15) is 0 Å². The van der Waals surface area contributed by atoms with E-state index in [4.69, 9.17) is 17.3 Å². The standard InChI is InChI=1S/C11H11ClN2S/c1-7-10(14-11(13)15-7)6-8-2-4-9(12)5-3-8/h2-5H,6H2,1H3,(H2,13,14). The summed E-state index contributed by atoms with van der Waals surface area (Å²) in [6, 6.07) is 7.80. The largest absolute Gasteiger partial charge is 0.375 e. The predicted octanol–water partition coefficient (Wildman–Crippen LogP) is 3.28. The van der Waals surface area contributed by atoms with Crippen molar-refractivity contribution in [1.29, 1.82) is 0 Å². The van der Waals surface area contributed by atoms with E-state index in [2.05, 4.69) is 4.98 Å². The van der Waals surface area contributed by atoms with Crippen LogP contribution in [0, 0.1) is 6.92 Å². The van der Waals surface area contributed by atoms with E-state index in [1.165, 1.54) is 21.8 Å². The van der Waals surface area contributed by atoms with Crippen molar-refractivity contribution >= 4 is 28.1 Å². The Morgan fingerprint density at radius 3 is 2.53 bits per heavy atom. The molecule has 0 aliphatic rings. The third-order valence-electron chi connectivity index (χ3n) is 2.19. The number of nitrogens with two attached hydrogens (primary N) is 1. The van der Waals surface area contributed by atoms with Gasteiger partial charge in [0.25, 0.3) is 0 Å². The number of nitrogens with zero attached hydrogens (tertiary/aromatic N) is 1. The van der Waals surface area contributed by atoms with Gasteiger partial charge in [0.15, 0.2) is 5.13 Å². The maximum Gasteiger partial charge on any atom is 0.180 e. The molecule has 2 N–H and O–H groups in total. The van der Waals surface area contributed by atoms with Crippen LogP contribution in [0.5, 0.6) is 0 Å². The molecule has 2 aromatic rings. The summed E-state index contributed by atoms with van der Waals surface area (Å²) in [5, 5.41) is 1.39. The van der Waals surface area contributed by atoms with Crippen LogP contribution >= 0.6 is 22.9 Å². The fourth-order valence-electron chi connectivity index (χ4n) is 1.41. The van der Waals surface area contributed by atoms with Crippen molar-refractivity contribution in [3.63, 3.8) is 0 Å². The second-order valence-electron chi connectivity index (χ2n) is 3.36. The molecule has 1 aromatic heterocycles. The second kappa shape index (κ2) is 4.21. The summed E-state index contributed by atoms with van der Waals surface area (Å²) in [6.45, 7) is 2.04. The molecule has 0 amide bonds. The van der Waals surface area contributed by atoms with Crippen LogP contribution in [0.2, 0.25) is 5.02 Å². The van der Waals surface area contributed by atoms with Crippen LogP contribution in [0.15, 0.2) is 24.3 Å². The van der Waals surface area contributed by atoms with E-state index in [1.54, 1.807) is 0 Å². The molecule has 0 saturated carbocycles. The smallest absolute Gasteiger partial charge is 0.180 e. The number of thiazole rings is 1. The lowest BCUT2D eigenvalue weighted by Gasteiger charge is -1.99. The van der Waals surface area contributed by atoms with Gasteiger partial charge in [0.2, 0.25) is 0 Å². The van der Waals surface area contributed by atoms with Crippen molar-refractivity contribution < 1.29 is 0 Å². The lowest BCUT2D eigenvalue weighted by molar-refractivity contribution is 1.09. The highest BCUT2D eigenvalue weighted by Gasteiger charge is 2.05. The Balaban J connectivity index is 2.21. The molecule has 0 atom stereocenters. The number of nitrogen functional groups attached to an aromatic ring is 1. The monoisotopic (exact) mass is 238 g/mol. The first-order valence-corrected chi connectivity index (χ1v) is 5.81. The molecule has 0 aliphatic heterocycles. The summed E-state index contributed by atoms with van der Waals surface area (Å²) in [5.74, 6) is 0.